The summed E-state index contributed by atoms with van der Waals surface area (Å²) in [5.41, 5.74) is -0.180. The van der Waals surface area contributed by atoms with Crippen molar-refractivity contribution in [2.75, 3.05) is 12.9 Å². The molecule has 11 heteroatoms. The van der Waals surface area contributed by atoms with E-state index in [-0.39, 0.29) is 11.0 Å². The lowest BCUT2D eigenvalue weighted by atomic mass is 9.71. The lowest BCUT2D eigenvalue weighted by molar-refractivity contribution is -0.139. The van der Waals surface area contributed by atoms with E-state index in [1.807, 2.05) is 0 Å². The van der Waals surface area contributed by atoms with E-state index in [0.29, 0.717) is 4.33 Å². The van der Waals surface area contributed by atoms with E-state index in [1.54, 1.807) is 0 Å². The fourth-order valence-corrected chi connectivity index (χ4v) is 2.46. The fourth-order valence-electron chi connectivity index (χ4n) is 1.77. The average molecular weight is 316 g/mol. The maximum Gasteiger partial charge on any atom is 0.487 e. The average Bonchev–Trinajstić information content (AvgIpc) is 2.36. The highest BCUT2D eigenvalue weighted by Gasteiger charge is 2.38. The number of carbonyl (C=O) groups is 1. The number of benzene rings is 1. The van der Waals surface area contributed by atoms with Crippen LogP contribution in [0.3, 0.4) is 0 Å². The molecule has 1 aliphatic rings. The van der Waals surface area contributed by atoms with Gasteiger partial charge < -0.3 is 14.9 Å². The number of sulfonamides is 1. The van der Waals surface area contributed by atoms with Crippen LogP contribution in [0.15, 0.2) is 17.2 Å². The van der Waals surface area contributed by atoms with E-state index < -0.39 is 41.2 Å². The third kappa shape index (κ3) is 2.98. The van der Waals surface area contributed by atoms with Crippen LogP contribution < -0.4 is 10.2 Å². The number of rotatable bonds is 4. The third-order valence-electron chi connectivity index (χ3n) is 2.65. The van der Waals surface area contributed by atoms with Crippen molar-refractivity contribution in [3.8, 4) is 5.75 Å². The molecule has 2 N–H and O–H groups in total. The van der Waals surface area contributed by atoms with E-state index >= 15 is 0 Å². The van der Waals surface area contributed by atoms with Crippen LogP contribution in [-0.4, -0.2) is 55.0 Å². The monoisotopic (exact) mass is 316 g/mol. The van der Waals surface area contributed by atoms with Crippen molar-refractivity contribution in [3.63, 3.8) is 0 Å². The zero-order valence-electron chi connectivity index (χ0n) is 10.7. The summed E-state index contributed by atoms with van der Waals surface area (Å²) < 4.78 is 42.2. The Morgan fingerprint density at radius 3 is 2.76 bits per heavy atom. The predicted molar refractivity (Wildman–Crippen MR) is 71.4 cm³/mol. The normalized spacial score (nSPS) is 14.0. The standard InChI is InChI=1S/C10H10BFN2O6S/c1-21(18,19)14-11(17)9-6(4-13-14)2-3-7(10(9)12)20-5-8(15)16/h2-4,17H,5H2,1H3,(H,15,16). The highest BCUT2D eigenvalue weighted by molar-refractivity contribution is 7.89. The molecule has 0 aliphatic carbocycles. The molecule has 112 valence electrons. The first kappa shape index (κ1) is 15.3. The molecular formula is C10H10BFN2O6S. The summed E-state index contributed by atoms with van der Waals surface area (Å²) in [6, 6.07) is 2.51. The van der Waals surface area contributed by atoms with Crippen molar-refractivity contribution in [1.29, 1.82) is 0 Å². The molecule has 21 heavy (non-hydrogen) atoms. The number of halogens is 1. The van der Waals surface area contributed by atoms with Crippen LogP contribution in [-0.2, 0) is 14.8 Å². The van der Waals surface area contributed by atoms with Gasteiger partial charge in [0.2, 0.25) is 10.0 Å². The van der Waals surface area contributed by atoms with Crippen molar-refractivity contribution in [2.24, 2.45) is 5.10 Å². The lowest BCUT2D eigenvalue weighted by Gasteiger charge is -2.25. The molecule has 1 aromatic rings. The van der Waals surface area contributed by atoms with Gasteiger partial charge in [0.1, 0.15) is 0 Å². The van der Waals surface area contributed by atoms with Gasteiger partial charge in [0.25, 0.3) is 0 Å². The number of aliphatic carboxylic acids is 1. The summed E-state index contributed by atoms with van der Waals surface area (Å²) in [6.45, 7) is -0.768. The minimum absolute atomic E-state index is 0.169. The summed E-state index contributed by atoms with van der Waals surface area (Å²) in [7, 11) is -5.74. The summed E-state index contributed by atoms with van der Waals surface area (Å²) >= 11 is 0. The Labute approximate surface area is 119 Å². The van der Waals surface area contributed by atoms with Gasteiger partial charge in [0.15, 0.2) is 18.2 Å². The van der Waals surface area contributed by atoms with E-state index in [1.165, 1.54) is 12.1 Å². The van der Waals surface area contributed by atoms with E-state index in [9.17, 15) is 22.6 Å². The minimum Gasteiger partial charge on any atom is -0.479 e. The first-order valence-corrected chi connectivity index (χ1v) is 7.45. The molecule has 0 bridgehead atoms. The van der Waals surface area contributed by atoms with Crippen molar-refractivity contribution in [2.45, 2.75) is 0 Å². The van der Waals surface area contributed by atoms with Crippen LogP contribution in [0.25, 0.3) is 0 Å². The number of hydrazone groups is 1. The highest BCUT2D eigenvalue weighted by Crippen LogP contribution is 2.20. The summed E-state index contributed by atoms with van der Waals surface area (Å²) in [5, 5.41) is 22.0. The predicted octanol–water partition coefficient (Wildman–Crippen LogP) is -1.41. The van der Waals surface area contributed by atoms with E-state index in [0.717, 1.165) is 12.5 Å². The number of nitrogens with zero attached hydrogens (tertiary/aromatic N) is 2. The maximum atomic E-state index is 14.3. The number of fused-ring (bicyclic) bond motifs is 1. The number of ether oxygens (including phenoxy) is 1. The second-order valence-electron chi connectivity index (χ2n) is 4.22. The third-order valence-corrected chi connectivity index (χ3v) is 3.62. The first-order valence-electron chi connectivity index (χ1n) is 5.60. The maximum absolute atomic E-state index is 14.3. The number of hydrogen-bond acceptors (Lipinski definition) is 6. The van der Waals surface area contributed by atoms with Gasteiger partial charge in [-0.3, -0.25) is 0 Å². The van der Waals surface area contributed by atoms with Gasteiger partial charge in [-0.15, -0.1) is 0 Å². The van der Waals surface area contributed by atoms with Gasteiger partial charge in [0.05, 0.1) is 12.5 Å². The Morgan fingerprint density at radius 2 is 2.19 bits per heavy atom. The molecule has 1 heterocycles. The molecule has 0 unspecified atom stereocenters. The molecule has 0 amide bonds. The van der Waals surface area contributed by atoms with Gasteiger partial charge in [-0.25, -0.2) is 21.9 Å². The Balaban J connectivity index is 2.44. The van der Waals surface area contributed by atoms with Gasteiger partial charge in [-0.05, 0) is 17.7 Å². The molecule has 0 saturated carbocycles. The summed E-state index contributed by atoms with van der Waals surface area (Å²) in [6.07, 6.45) is 1.88. The van der Waals surface area contributed by atoms with Gasteiger partial charge >= 0.3 is 13.0 Å². The largest absolute Gasteiger partial charge is 0.487 e. The van der Waals surface area contributed by atoms with Gasteiger partial charge in [-0.2, -0.15) is 5.10 Å². The second kappa shape index (κ2) is 5.33. The Morgan fingerprint density at radius 1 is 1.52 bits per heavy atom. The van der Waals surface area contributed by atoms with Crippen LogP contribution in [0.5, 0.6) is 5.75 Å². The SMILES string of the molecule is CS(=O)(=O)N1N=Cc2ccc(OCC(=O)O)c(F)c2B1O. The molecular weight excluding hydrogens is 306 g/mol. The number of hydrogen-bond donors (Lipinski definition) is 2. The number of carboxylic acids is 1. The Bertz CT molecular complexity index is 723. The van der Waals surface area contributed by atoms with Crippen molar-refractivity contribution in [3.05, 3.63) is 23.5 Å². The minimum atomic E-state index is -3.89. The second-order valence-corrected chi connectivity index (χ2v) is 6.06. The quantitative estimate of drug-likeness (QED) is 0.659. The molecule has 0 fully saturated rings. The summed E-state index contributed by atoms with van der Waals surface area (Å²) in [5.74, 6) is -2.74. The molecule has 1 aliphatic heterocycles. The van der Waals surface area contributed by atoms with Crippen molar-refractivity contribution < 1.29 is 32.5 Å². The van der Waals surface area contributed by atoms with Crippen LogP contribution in [0, 0.1) is 5.82 Å². The number of carboxylic acid groups (broad SMARTS) is 1. The van der Waals surface area contributed by atoms with E-state index in [2.05, 4.69) is 5.10 Å². The van der Waals surface area contributed by atoms with Crippen LogP contribution in [0.2, 0.25) is 0 Å². The topological polar surface area (TPSA) is 116 Å². The Hall–Kier alpha value is -2.14. The van der Waals surface area contributed by atoms with Gasteiger partial charge in [0, 0.05) is 5.46 Å². The van der Waals surface area contributed by atoms with Gasteiger partial charge in [-0.1, -0.05) is 0 Å². The molecule has 0 saturated heterocycles. The highest BCUT2D eigenvalue weighted by atomic mass is 32.2. The van der Waals surface area contributed by atoms with Crippen LogP contribution in [0.1, 0.15) is 5.56 Å². The first-order chi connectivity index (χ1) is 9.71. The lowest BCUT2D eigenvalue weighted by Crippen LogP contribution is -2.53. The molecule has 2 rings (SSSR count). The summed E-state index contributed by atoms with van der Waals surface area (Å²) in [4.78, 5) is 10.4. The molecule has 8 nitrogen and oxygen atoms in total. The molecule has 1 aromatic carbocycles. The van der Waals surface area contributed by atoms with Crippen LogP contribution in [0.4, 0.5) is 4.39 Å². The zero-order chi connectivity index (χ0) is 15.8. The molecule has 0 atom stereocenters. The van der Waals surface area contributed by atoms with Crippen molar-refractivity contribution in [1.82, 2.24) is 4.33 Å². The van der Waals surface area contributed by atoms with Crippen LogP contribution >= 0.6 is 0 Å². The molecule has 0 radical (unpaired) electrons. The zero-order valence-corrected chi connectivity index (χ0v) is 11.5. The van der Waals surface area contributed by atoms with E-state index in [4.69, 9.17) is 9.84 Å². The smallest absolute Gasteiger partial charge is 0.479 e. The van der Waals surface area contributed by atoms with Crippen molar-refractivity contribution >= 4 is 34.7 Å². The fraction of sp³-hybridized carbons (Fsp3) is 0.200. The molecule has 0 aromatic heterocycles. The Kier molecular flexibility index (Phi) is 3.88. The molecule has 0 spiro atoms.